The number of esters is 1. The molecule has 0 aliphatic rings. The zero-order chi connectivity index (χ0) is 13.5. The monoisotopic (exact) mass is 247 g/mol. The fourth-order valence-corrected chi connectivity index (χ4v) is 1.03. The van der Waals surface area contributed by atoms with Crippen LogP contribution in [0.2, 0.25) is 0 Å². The smallest absolute Gasteiger partial charge is 0.333 e. The molecule has 8 nitrogen and oxygen atoms in total. The number of hydrogen-bond acceptors (Lipinski definition) is 6. The van der Waals surface area contributed by atoms with E-state index in [1.165, 1.54) is 14.0 Å². The summed E-state index contributed by atoms with van der Waals surface area (Å²) >= 11 is 0. The number of ether oxygens (including phenoxy) is 1. The molecule has 0 saturated heterocycles. The van der Waals surface area contributed by atoms with Crippen molar-refractivity contribution in [3.63, 3.8) is 0 Å². The molecule has 0 bridgehead atoms. The summed E-state index contributed by atoms with van der Waals surface area (Å²) in [5.74, 6) is -2.60. The van der Waals surface area contributed by atoms with Gasteiger partial charge >= 0.3 is 11.9 Å². The average Bonchev–Trinajstić information content (AvgIpc) is 2.32. The van der Waals surface area contributed by atoms with Crippen molar-refractivity contribution in [3.8, 4) is 0 Å². The van der Waals surface area contributed by atoms with Gasteiger partial charge in [-0.2, -0.15) is 0 Å². The van der Waals surface area contributed by atoms with Crippen molar-refractivity contribution >= 4 is 17.8 Å². The molecule has 98 valence electrons. The Morgan fingerprint density at radius 2 is 2.00 bits per heavy atom. The number of carbonyl (C=O) groups is 3. The molecule has 1 unspecified atom stereocenters. The van der Waals surface area contributed by atoms with Gasteiger partial charge in [0.15, 0.2) is 5.54 Å². The lowest BCUT2D eigenvalue weighted by molar-refractivity contribution is -0.150. The fraction of sp³-hybridized carbons (Fsp3) is 0.667. The zero-order valence-electron chi connectivity index (χ0n) is 9.78. The van der Waals surface area contributed by atoms with E-state index in [0.29, 0.717) is 0 Å². The van der Waals surface area contributed by atoms with E-state index in [0.717, 1.165) is 0 Å². The lowest BCUT2D eigenvalue weighted by Gasteiger charge is -2.24. The molecule has 0 aromatic heterocycles. The Morgan fingerprint density at radius 3 is 2.41 bits per heavy atom. The van der Waals surface area contributed by atoms with Crippen molar-refractivity contribution < 1.29 is 24.2 Å². The Bertz CT molecular complexity index is 307. The van der Waals surface area contributed by atoms with Gasteiger partial charge in [-0.3, -0.25) is 14.9 Å². The lowest BCUT2D eigenvalue weighted by Crippen LogP contribution is -2.60. The third kappa shape index (κ3) is 4.37. The summed E-state index contributed by atoms with van der Waals surface area (Å²) in [5, 5.41) is 13.7. The molecule has 17 heavy (non-hydrogen) atoms. The summed E-state index contributed by atoms with van der Waals surface area (Å²) in [5.41, 5.74) is 3.24. The van der Waals surface area contributed by atoms with Gasteiger partial charge in [0.25, 0.3) is 5.91 Å². The molecular formula is C9H17N3O5. The van der Waals surface area contributed by atoms with E-state index >= 15 is 0 Å². The predicted octanol–water partition coefficient (Wildman–Crippen LogP) is -2.33. The summed E-state index contributed by atoms with van der Waals surface area (Å²) in [4.78, 5) is 33.0. The standard InChI is InChI=1S/C9H17N3O5/c1-9(8(15)16,7(14)11-2)12-3-4-17-6(13)5-10/h12H,3-5,10H2,1-2H3,(H,11,14)(H,15,16). The summed E-state index contributed by atoms with van der Waals surface area (Å²) < 4.78 is 4.63. The van der Waals surface area contributed by atoms with E-state index in [1.54, 1.807) is 0 Å². The van der Waals surface area contributed by atoms with Gasteiger partial charge in [-0.15, -0.1) is 0 Å². The molecule has 8 heteroatoms. The van der Waals surface area contributed by atoms with Crippen LogP contribution in [0, 0.1) is 0 Å². The predicted molar refractivity (Wildman–Crippen MR) is 58.1 cm³/mol. The molecule has 0 saturated carbocycles. The van der Waals surface area contributed by atoms with E-state index < -0.39 is 23.4 Å². The fourth-order valence-electron chi connectivity index (χ4n) is 1.03. The molecule has 0 aromatic carbocycles. The Hall–Kier alpha value is -1.67. The molecule has 0 aliphatic carbocycles. The second-order valence-corrected chi connectivity index (χ2v) is 3.36. The SMILES string of the molecule is CNC(=O)C(C)(NCCOC(=O)CN)C(=O)O. The van der Waals surface area contributed by atoms with Crippen LogP contribution in [0.15, 0.2) is 0 Å². The van der Waals surface area contributed by atoms with Gasteiger partial charge < -0.3 is 20.9 Å². The maximum absolute atomic E-state index is 11.4. The Morgan fingerprint density at radius 1 is 1.41 bits per heavy atom. The minimum absolute atomic E-state index is 0.0297. The van der Waals surface area contributed by atoms with Crippen LogP contribution < -0.4 is 16.4 Å². The summed E-state index contributed by atoms with van der Waals surface area (Å²) in [6.45, 7) is 0.947. The van der Waals surface area contributed by atoms with E-state index in [-0.39, 0.29) is 19.7 Å². The first kappa shape index (κ1) is 15.3. The maximum Gasteiger partial charge on any atom is 0.333 e. The number of carboxylic acids is 1. The number of rotatable bonds is 7. The first-order valence-corrected chi connectivity index (χ1v) is 4.94. The zero-order valence-corrected chi connectivity index (χ0v) is 9.78. The second kappa shape index (κ2) is 6.81. The van der Waals surface area contributed by atoms with Crippen LogP contribution in [0.5, 0.6) is 0 Å². The van der Waals surface area contributed by atoms with Gasteiger partial charge in [0, 0.05) is 13.6 Å². The van der Waals surface area contributed by atoms with Crippen molar-refractivity contribution in [2.24, 2.45) is 5.73 Å². The van der Waals surface area contributed by atoms with Crippen LogP contribution in [-0.2, 0) is 19.1 Å². The van der Waals surface area contributed by atoms with E-state index in [4.69, 9.17) is 10.8 Å². The molecule has 1 amide bonds. The molecule has 5 N–H and O–H groups in total. The Kier molecular flexibility index (Phi) is 6.15. The van der Waals surface area contributed by atoms with E-state index in [1.807, 2.05) is 0 Å². The largest absolute Gasteiger partial charge is 0.479 e. The van der Waals surface area contributed by atoms with Crippen molar-refractivity contribution in [1.82, 2.24) is 10.6 Å². The molecule has 0 rings (SSSR count). The van der Waals surface area contributed by atoms with Crippen molar-refractivity contribution in [2.75, 3.05) is 26.7 Å². The van der Waals surface area contributed by atoms with Crippen LogP contribution in [0.4, 0.5) is 0 Å². The van der Waals surface area contributed by atoms with Gasteiger partial charge in [0.05, 0.1) is 6.54 Å². The first-order valence-electron chi connectivity index (χ1n) is 4.94. The number of aliphatic carboxylic acids is 1. The number of carboxylic acid groups (broad SMARTS) is 1. The highest BCUT2D eigenvalue weighted by molar-refractivity contribution is 6.06. The average molecular weight is 247 g/mol. The van der Waals surface area contributed by atoms with Gasteiger partial charge in [-0.25, -0.2) is 4.79 Å². The topological polar surface area (TPSA) is 131 Å². The third-order valence-electron chi connectivity index (χ3n) is 2.12. The van der Waals surface area contributed by atoms with Crippen molar-refractivity contribution in [3.05, 3.63) is 0 Å². The van der Waals surface area contributed by atoms with Crippen LogP contribution in [0.1, 0.15) is 6.92 Å². The highest BCUT2D eigenvalue weighted by Gasteiger charge is 2.40. The van der Waals surface area contributed by atoms with Gasteiger partial charge in [-0.05, 0) is 6.92 Å². The molecule has 0 fully saturated rings. The highest BCUT2D eigenvalue weighted by Crippen LogP contribution is 2.03. The van der Waals surface area contributed by atoms with Gasteiger partial charge in [0.2, 0.25) is 0 Å². The number of likely N-dealkylation sites (N-methyl/N-ethyl adjacent to an activating group) is 1. The normalized spacial score (nSPS) is 13.6. The third-order valence-corrected chi connectivity index (χ3v) is 2.12. The Labute approximate surface area is 98.5 Å². The summed E-state index contributed by atoms with van der Waals surface area (Å²) in [6, 6.07) is 0. The maximum atomic E-state index is 11.4. The van der Waals surface area contributed by atoms with Crippen LogP contribution >= 0.6 is 0 Å². The Balaban J connectivity index is 4.25. The first-order chi connectivity index (χ1) is 7.88. The minimum Gasteiger partial charge on any atom is -0.479 e. The number of nitrogens with one attached hydrogen (secondary N) is 2. The molecule has 0 spiro atoms. The number of hydrogen-bond donors (Lipinski definition) is 4. The molecule has 0 heterocycles. The second-order valence-electron chi connectivity index (χ2n) is 3.36. The summed E-state index contributed by atoms with van der Waals surface area (Å²) in [6.07, 6.45) is 0. The van der Waals surface area contributed by atoms with E-state index in [2.05, 4.69) is 15.4 Å². The van der Waals surface area contributed by atoms with Crippen LogP contribution in [-0.4, -0.2) is 55.2 Å². The number of carbonyl (C=O) groups excluding carboxylic acids is 2. The summed E-state index contributed by atoms with van der Waals surface area (Å²) in [7, 11) is 1.33. The van der Waals surface area contributed by atoms with Crippen molar-refractivity contribution in [1.29, 1.82) is 0 Å². The highest BCUT2D eigenvalue weighted by atomic mass is 16.5. The van der Waals surface area contributed by atoms with Gasteiger partial charge in [-0.1, -0.05) is 0 Å². The molecular weight excluding hydrogens is 230 g/mol. The number of nitrogens with two attached hydrogens (primary N) is 1. The minimum atomic E-state index is -1.76. The van der Waals surface area contributed by atoms with Crippen LogP contribution in [0.25, 0.3) is 0 Å². The van der Waals surface area contributed by atoms with Gasteiger partial charge in [0.1, 0.15) is 6.61 Å². The lowest BCUT2D eigenvalue weighted by atomic mass is 10.0. The molecule has 0 aliphatic heterocycles. The van der Waals surface area contributed by atoms with Crippen LogP contribution in [0.3, 0.4) is 0 Å². The number of amides is 1. The van der Waals surface area contributed by atoms with E-state index in [9.17, 15) is 14.4 Å². The molecule has 0 radical (unpaired) electrons. The molecule has 1 atom stereocenters. The van der Waals surface area contributed by atoms with Crippen molar-refractivity contribution in [2.45, 2.75) is 12.5 Å². The quantitative estimate of drug-likeness (QED) is 0.225. The molecule has 0 aromatic rings.